The van der Waals surface area contributed by atoms with E-state index in [1.54, 1.807) is 0 Å². The van der Waals surface area contributed by atoms with Gasteiger partial charge in [-0.05, 0) is 31.8 Å². The quantitative estimate of drug-likeness (QED) is 0.711. The molecule has 5 heteroatoms. The average molecular weight is 221 g/mol. The lowest BCUT2D eigenvalue weighted by molar-refractivity contribution is 0.266. The van der Waals surface area contributed by atoms with Crippen molar-refractivity contribution in [1.29, 1.82) is 0 Å². The summed E-state index contributed by atoms with van der Waals surface area (Å²) in [6.45, 7) is 5.73. The van der Waals surface area contributed by atoms with E-state index < -0.39 is 10.1 Å². The summed E-state index contributed by atoms with van der Waals surface area (Å²) >= 11 is 0. The molecular formula is C9H19NO3S. The van der Waals surface area contributed by atoms with Crippen LogP contribution in [0.25, 0.3) is 0 Å². The van der Waals surface area contributed by atoms with Crippen molar-refractivity contribution in [2.24, 2.45) is 5.92 Å². The third-order valence-electron chi connectivity index (χ3n) is 2.26. The zero-order valence-corrected chi connectivity index (χ0v) is 9.64. The van der Waals surface area contributed by atoms with Crippen molar-refractivity contribution in [2.75, 3.05) is 19.7 Å². The Bertz CT molecular complexity index is 255. The largest absolute Gasteiger partial charge is 0.317 e. The summed E-state index contributed by atoms with van der Waals surface area (Å²) in [5, 5.41) is 2.83. The van der Waals surface area contributed by atoms with E-state index in [0.717, 1.165) is 13.1 Å². The molecule has 0 aromatic rings. The zero-order valence-electron chi connectivity index (χ0n) is 8.82. The molecule has 0 aromatic carbocycles. The van der Waals surface area contributed by atoms with E-state index in [2.05, 4.69) is 5.32 Å². The SMILES string of the molecule is CC(C)COS(=O)(=O)C1CCNCC1. The van der Waals surface area contributed by atoms with E-state index >= 15 is 0 Å². The molecule has 0 unspecified atom stereocenters. The first-order chi connectivity index (χ1) is 6.52. The van der Waals surface area contributed by atoms with Gasteiger partial charge in [0.05, 0.1) is 11.9 Å². The highest BCUT2D eigenvalue weighted by Crippen LogP contribution is 2.15. The lowest BCUT2D eigenvalue weighted by Crippen LogP contribution is -2.36. The van der Waals surface area contributed by atoms with Crippen LogP contribution in [0.1, 0.15) is 26.7 Å². The number of hydrogen-bond donors (Lipinski definition) is 1. The molecule has 14 heavy (non-hydrogen) atoms. The molecule has 1 aliphatic rings. The smallest absolute Gasteiger partial charge is 0.270 e. The Morgan fingerprint density at radius 3 is 2.43 bits per heavy atom. The summed E-state index contributed by atoms with van der Waals surface area (Å²) in [5.41, 5.74) is 0. The lowest BCUT2D eigenvalue weighted by Gasteiger charge is -2.22. The molecule has 0 aromatic heterocycles. The van der Waals surface area contributed by atoms with E-state index in [1.165, 1.54) is 0 Å². The maximum Gasteiger partial charge on any atom is 0.270 e. The van der Waals surface area contributed by atoms with E-state index in [-0.39, 0.29) is 11.2 Å². The predicted octanol–water partition coefficient (Wildman–Crippen LogP) is 0.741. The first kappa shape index (κ1) is 11.9. The molecule has 0 aliphatic carbocycles. The van der Waals surface area contributed by atoms with Crippen LogP contribution in [0.5, 0.6) is 0 Å². The lowest BCUT2D eigenvalue weighted by atomic mass is 10.2. The van der Waals surface area contributed by atoms with Crippen LogP contribution in [0.4, 0.5) is 0 Å². The summed E-state index contributed by atoms with van der Waals surface area (Å²) < 4.78 is 28.3. The molecule has 1 fully saturated rings. The second kappa shape index (κ2) is 5.09. The number of nitrogens with one attached hydrogen (secondary N) is 1. The molecular weight excluding hydrogens is 202 g/mol. The van der Waals surface area contributed by atoms with E-state index in [9.17, 15) is 8.42 Å². The Hall–Kier alpha value is -0.130. The second-order valence-corrected chi connectivity index (χ2v) is 6.01. The van der Waals surface area contributed by atoms with Gasteiger partial charge in [-0.25, -0.2) is 0 Å². The van der Waals surface area contributed by atoms with Gasteiger partial charge in [-0.3, -0.25) is 4.18 Å². The van der Waals surface area contributed by atoms with E-state index in [0.29, 0.717) is 19.4 Å². The fourth-order valence-electron chi connectivity index (χ4n) is 1.41. The minimum absolute atomic E-state index is 0.256. The maximum atomic E-state index is 11.6. The van der Waals surface area contributed by atoms with Crippen molar-refractivity contribution in [2.45, 2.75) is 31.9 Å². The van der Waals surface area contributed by atoms with Gasteiger partial charge in [0.2, 0.25) is 0 Å². The van der Waals surface area contributed by atoms with Crippen molar-refractivity contribution >= 4 is 10.1 Å². The first-order valence-electron chi connectivity index (χ1n) is 5.11. The van der Waals surface area contributed by atoms with E-state index in [4.69, 9.17) is 4.18 Å². The van der Waals surface area contributed by atoms with Crippen molar-refractivity contribution < 1.29 is 12.6 Å². The standard InChI is InChI=1S/C9H19NO3S/c1-8(2)7-13-14(11,12)9-3-5-10-6-4-9/h8-10H,3-7H2,1-2H3. The van der Waals surface area contributed by atoms with Crippen LogP contribution < -0.4 is 5.32 Å². The molecule has 0 bridgehead atoms. The predicted molar refractivity (Wildman–Crippen MR) is 55.6 cm³/mol. The molecule has 0 atom stereocenters. The second-order valence-electron chi connectivity index (χ2n) is 4.12. The first-order valence-corrected chi connectivity index (χ1v) is 6.58. The van der Waals surface area contributed by atoms with Crippen LogP contribution in [0.3, 0.4) is 0 Å². The van der Waals surface area contributed by atoms with E-state index in [1.807, 2.05) is 13.8 Å². The monoisotopic (exact) mass is 221 g/mol. The molecule has 0 spiro atoms. The van der Waals surface area contributed by atoms with Gasteiger partial charge < -0.3 is 5.32 Å². The molecule has 0 radical (unpaired) electrons. The Kier molecular flexibility index (Phi) is 4.34. The van der Waals surface area contributed by atoms with Gasteiger partial charge in [0.15, 0.2) is 0 Å². The van der Waals surface area contributed by atoms with Crippen LogP contribution in [-0.4, -0.2) is 33.4 Å². The van der Waals surface area contributed by atoms with Gasteiger partial charge >= 0.3 is 0 Å². The molecule has 84 valence electrons. The summed E-state index contributed by atoms with van der Waals surface area (Å²) in [5.74, 6) is 0.256. The Labute approximate surface area is 86.2 Å². The molecule has 1 saturated heterocycles. The summed E-state index contributed by atoms with van der Waals surface area (Å²) in [7, 11) is -3.32. The van der Waals surface area contributed by atoms with Crippen LogP contribution >= 0.6 is 0 Å². The molecule has 0 saturated carbocycles. The highest BCUT2D eigenvalue weighted by atomic mass is 32.2. The Morgan fingerprint density at radius 2 is 1.93 bits per heavy atom. The summed E-state index contributed by atoms with van der Waals surface area (Å²) in [4.78, 5) is 0. The molecule has 4 nitrogen and oxygen atoms in total. The molecule has 1 heterocycles. The van der Waals surface area contributed by atoms with Crippen LogP contribution in [0.15, 0.2) is 0 Å². The van der Waals surface area contributed by atoms with Crippen LogP contribution in [0, 0.1) is 5.92 Å². The molecule has 1 N–H and O–H groups in total. The molecule has 1 rings (SSSR count). The number of rotatable bonds is 4. The average Bonchev–Trinajstić information content (AvgIpc) is 2.16. The van der Waals surface area contributed by atoms with Gasteiger partial charge in [-0.15, -0.1) is 0 Å². The zero-order chi connectivity index (χ0) is 10.6. The van der Waals surface area contributed by atoms with Gasteiger partial charge in [-0.2, -0.15) is 8.42 Å². The minimum Gasteiger partial charge on any atom is -0.317 e. The third-order valence-corrected chi connectivity index (χ3v) is 4.01. The van der Waals surface area contributed by atoms with Crippen molar-refractivity contribution in [3.8, 4) is 0 Å². The highest BCUT2D eigenvalue weighted by molar-refractivity contribution is 7.87. The maximum absolute atomic E-state index is 11.6. The van der Waals surface area contributed by atoms with Gasteiger partial charge in [0.25, 0.3) is 10.1 Å². The van der Waals surface area contributed by atoms with Crippen molar-refractivity contribution in [3.05, 3.63) is 0 Å². The Morgan fingerprint density at radius 1 is 1.36 bits per heavy atom. The topological polar surface area (TPSA) is 55.4 Å². The summed E-state index contributed by atoms with van der Waals surface area (Å²) in [6, 6.07) is 0. The van der Waals surface area contributed by atoms with Crippen molar-refractivity contribution in [1.82, 2.24) is 5.32 Å². The minimum atomic E-state index is -3.32. The van der Waals surface area contributed by atoms with Crippen LogP contribution in [-0.2, 0) is 14.3 Å². The summed E-state index contributed by atoms with van der Waals surface area (Å²) in [6.07, 6.45) is 1.33. The van der Waals surface area contributed by atoms with Crippen molar-refractivity contribution in [3.63, 3.8) is 0 Å². The third kappa shape index (κ3) is 3.55. The normalized spacial score (nSPS) is 20.2. The van der Waals surface area contributed by atoms with Gasteiger partial charge in [0.1, 0.15) is 0 Å². The van der Waals surface area contributed by atoms with Gasteiger partial charge in [-0.1, -0.05) is 13.8 Å². The fourth-order valence-corrected chi connectivity index (χ4v) is 2.88. The Balaban J connectivity index is 2.46. The highest BCUT2D eigenvalue weighted by Gasteiger charge is 2.27. The molecule has 1 aliphatic heterocycles. The van der Waals surface area contributed by atoms with Gasteiger partial charge in [0, 0.05) is 0 Å². The fraction of sp³-hybridized carbons (Fsp3) is 1.00. The molecule has 0 amide bonds. The van der Waals surface area contributed by atoms with Crippen LogP contribution in [0.2, 0.25) is 0 Å². The number of piperidine rings is 1. The number of hydrogen-bond acceptors (Lipinski definition) is 4.